The molecule has 0 aliphatic heterocycles. The summed E-state index contributed by atoms with van der Waals surface area (Å²) in [5, 5.41) is 6.77. The molecule has 9 aromatic rings. The number of hydrogen-bond acceptors (Lipinski definition) is 3. The first-order valence-electron chi connectivity index (χ1n) is 13.1. The zero-order valence-corrected chi connectivity index (χ0v) is 20.8. The van der Waals surface area contributed by atoms with Crippen molar-refractivity contribution < 1.29 is 8.83 Å². The van der Waals surface area contributed by atoms with E-state index in [-0.39, 0.29) is 0 Å². The van der Waals surface area contributed by atoms with Crippen molar-refractivity contribution in [3.63, 3.8) is 0 Å². The smallest absolute Gasteiger partial charge is 0.227 e. The Kier molecular flexibility index (Phi) is 4.02. The van der Waals surface area contributed by atoms with Crippen molar-refractivity contribution in [1.82, 2.24) is 9.55 Å². The zero-order chi connectivity index (χ0) is 25.5. The number of nitrogens with zero attached hydrogens (tertiary/aromatic N) is 2. The number of para-hydroxylation sites is 3. The summed E-state index contributed by atoms with van der Waals surface area (Å²) >= 11 is 0. The van der Waals surface area contributed by atoms with Gasteiger partial charge in [-0.3, -0.25) is 0 Å². The molecular formula is C35H20N2O2. The first kappa shape index (κ1) is 20.7. The van der Waals surface area contributed by atoms with E-state index in [9.17, 15) is 0 Å². The molecular weight excluding hydrogens is 480 g/mol. The highest BCUT2D eigenvalue weighted by Crippen LogP contribution is 2.40. The van der Waals surface area contributed by atoms with Gasteiger partial charge < -0.3 is 13.4 Å². The molecule has 0 fully saturated rings. The molecule has 182 valence electrons. The summed E-state index contributed by atoms with van der Waals surface area (Å²) in [7, 11) is 0. The third kappa shape index (κ3) is 2.80. The lowest BCUT2D eigenvalue weighted by Gasteiger charge is -2.13. The van der Waals surface area contributed by atoms with Crippen molar-refractivity contribution in [2.45, 2.75) is 0 Å². The van der Waals surface area contributed by atoms with Gasteiger partial charge in [-0.15, -0.1) is 0 Å². The van der Waals surface area contributed by atoms with E-state index in [4.69, 9.17) is 13.8 Å². The number of furan rings is 1. The van der Waals surface area contributed by atoms with Gasteiger partial charge >= 0.3 is 0 Å². The summed E-state index contributed by atoms with van der Waals surface area (Å²) < 4.78 is 14.9. The average molecular weight is 501 g/mol. The van der Waals surface area contributed by atoms with Crippen LogP contribution in [0, 0.1) is 0 Å². The van der Waals surface area contributed by atoms with Gasteiger partial charge in [0.15, 0.2) is 5.58 Å². The fraction of sp³-hybridized carbons (Fsp3) is 0. The molecule has 9 rings (SSSR count). The van der Waals surface area contributed by atoms with Gasteiger partial charge in [-0.25, -0.2) is 4.98 Å². The van der Waals surface area contributed by atoms with Crippen molar-refractivity contribution in [1.29, 1.82) is 0 Å². The predicted molar refractivity (Wildman–Crippen MR) is 159 cm³/mol. The van der Waals surface area contributed by atoms with E-state index in [1.165, 1.54) is 21.8 Å². The van der Waals surface area contributed by atoms with Crippen LogP contribution in [0.5, 0.6) is 0 Å². The SMILES string of the molecule is c1ccc2c(c1)oc1ccc3oc(-c4ccc(-n5c6ccccc6c6ccccc65)c5ccccc45)nc3c12. The largest absolute Gasteiger partial charge is 0.456 e. The van der Waals surface area contributed by atoms with Crippen molar-refractivity contribution in [2.75, 3.05) is 0 Å². The van der Waals surface area contributed by atoms with Gasteiger partial charge in [-0.1, -0.05) is 78.9 Å². The van der Waals surface area contributed by atoms with Crippen molar-refractivity contribution in [3.8, 4) is 17.1 Å². The number of hydrogen-bond donors (Lipinski definition) is 0. The molecule has 0 aliphatic carbocycles. The Morgan fingerprint density at radius 1 is 0.462 bits per heavy atom. The first-order valence-corrected chi connectivity index (χ1v) is 13.1. The molecule has 0 saturated carbocycles. The maximum Gasteiger partial charge on any atom is 0.227 e. The van der Waals surface area contributed by atoms with Crippen LogP contribution in [0.4, 0.5) is 0 Å². The van der Waals surface area contributed by atoms with Crippen LogP contribution in [0.3, 0.4) is 0 Å². The lowest BCUT2D eigenvalue weighted by atomic mass is 10.0. The van der Waals surface area contributed by atoms with E-state index in [0.29, 0.717) is 5.89 Å². The second-order valence-corrected chi connectivity index (χ2v) is 9.95. The van der Waals surface area contributed by atoms with Gasteiger partial charge in [-0.2, -0.15) is 0 Å². The Morgan fingerprint density at radius 3 is 1.85 bits per heavy atom. The molecule has 3 heterocycles. The number of aromatic nitrogens is 2. The quantitative estimate of drug-likeness (QED) is 0.237. The number of fused-ring (bicyclic) bond motifs is 9. The summed E-state index contributed by atoms with van der Waals surface area (Å²) in [5.41, 5.74) is 7.71. The molecule has 0 N–H and O–H groups in total. The Labute approximate surface area is 222 Å². The third-order valence-corrected chi connectivity index (χ3v) is 7.85. The Balaban J connectivity index is 1.33. The highest BCUT2D eigenvalue weighted by molar-refractivity contribution is 6.17. The Bertz CT molecular complexity index is 2350. The minimum absolute atomic E-state index is 0.604. The zero-order valence-electron chi connectivity index (χ0n) is 20.8. The second-order valence-electron chi connectivity index (χ2n) is 9.95. The van der Waals surface area contributed by atoms with E-state index in [2.05, 4.69) is 95.6 Å². The summed E-state index contributed by atoms with van der Waals surface area (Å²) in [6, 6.07) is 42.0. The van der Waals surface area contributed by atoms with Crippen LogP contribution in [0.1, 0.15) is 0 Å². The molecule has 0 radical (unpaired) electrons. The van der Waals surface area contributed by atoms with Gasteiger partial charge in [-0.05, 0) is 47.9 Å². The molecule has 0 amide bonds. The summed E-state index contributed by atoms with van der Waals surface area (Å²) in [6.45, 7) is 0. The fourth-order valence-electron chi connectivity index (χ4n) is 6.16. The molecule has 3 aromatic heterocycles. The first-order chi connectivity index (χ1) is 19.3. The van der Waals surface area contributed by atoms with Gasteiger partial charge in [0, 0.05) is 27.1 Å². The van der Waals surface area contributed by atoms with Crippen LogP contribution in [0.25, 0.3) is 82.8 Å². The maximum absolute atomic E-state index is 6.40. The highest BCUT2D eigenvalue weighted by atomic mass is 16.4. The van der Waals surface area contributed by atoms with Crippen LogP contribution in [-0.2, 0) is 0 Å². The second kappa shape index (κ2) is 7.59. The van der Waals surface area contributed by atoms with Crippen LogP contribution in [0.15, 0.2) is 130 Å². The molecule has 39 heavy (non-hydrogen) atoms. The Hall–Kier alpha value is -5.35. The van der Waals surface area contributed by atoms with Gasteiger partial charge in [0.2, 0.25) is 5.89 Å². The Morgan fingerprint density at radius 2 is 1.08 bits per heavy atom. The molecule has 4 heteroatoms. The summed E-state index contributed by atoms with van der Waals surface area (Å²) in [4.78, 5) is 5.04. The normalized spacial score (nSPS) is 12.1. The lowest BCUT2D eigenvalue weighted by Crippen LogP contribution is -1.96. The number of benzene rings is 6. The minimum atomic E-state index is 0.604. The molecule has 4 nitrogen and oxygen atoms in total. The van der Waals surface area contributed by atoms with Crippen molar-refractivity contribution in [3.05, 3.63) is 121 Å². The average Bonchev–Trinajstić information content (AvgIpc) is 3.68. The third-order valence-electron chi connectivity index (χ3n) is 7.85. The maximum atomic E-state index is 6.40. The van der Waals surface area contributed by atoms with Gasteiger partial charge in [0.25, 0.3) is 0 Å². The topological polar surface area (TPSA) is 44.1 Å². The van der Waals surface area contributed by atoms with Crippen LogP contribution in [0.2, 0.25) is 0 Å². The molecule has 0 aliphatic rings. The van der Waals surface area contributed by atoms with Gasteiger partial charge in [0.1, 0.15) is 16.7 Å². The molecule has 0 saturated heterocycles. The van der Waals surface area contributed by atoms with E-state index < -0.39 is 0 Å². The molecule has 0 spiro atoms. The number of rotatable bonds is 2. The molecule has 0 unspecified atom stereocenters. The summed E-state index contributed by atoms with van der Waals surface area (Å²) in [6.07, 6.45) is 0. The summed E-state index contributed by atoms with van der Waals surface area (Å²) in [5.74, 6) is 0.604. The lowest BCUT2D eigenvalue weighted by molar-refractivity contribution is 0.620. The van der Waals surface area contributed by atoms with Crippen LogP contribution >= 0.6 is 0 Å². The molecule has 0 atom stereocenters. The van der Waals surface area contributed by atoms with E-state index in [1.807, 2.05) is 30.3 Å². The predicted octanol–water partition coefficient (Wildman–Crippen LogP) is 9.64. The number of oxazole rings is 1. The van der Waals surface area contributed by atoms with E-state index >= 15 is 0 Å². The van der Waals surface area contributed by atoms with Crippen LogP contribution < -0.4 is 0 Å². The van der Waals surface area contributed by atoms with Crippen molar-refractivity contribution >= 4 is 65.6 Å². The standard InChI is InChI=1S/C35H20N2O2/c1-2-10-22-21(9-1)25(17-18-29(22)37-27-14-6-3-11-23(27)24-12-4-7-15-28(24)37)35-36-34-32(39-35)20-19-31-33(34)26-13-5-8-16-30(26)38-31/h1-20H. The van der Waals surface area contributed by atoms with E-state index in [0.717, 1.165) is 55.1 Å². The highest BCUT2D eigenvalue weighted by Gasteiger charge is 2.19. The van der Waals surface area contributed by atoms with E-state index in [1.54, 1.807) is 0 Å². The monoisotopic (exact) mass is 500 g/mol. The minimum Gasteiger partial charge on any atom is -0.456 e. The van der Waals surface area contributed by atoms with Crippen LogP contribution in [-0.4, -0.2) is 9.55 Å². The fourth-order valence-corrected chi connectivity index (χ4v) is 6.16. The molecule has 6 aromatic carbocycles. The molecule has 0 bridgehead atoms. The van der Waals surface area contributed by atoms with Crippen molar-refractivity contribution in [2.24, 2.45) is 0 Å². The van der Waals surface area contributed by atoms with Gasteiger partial charge in [0.05, 0.1) is 22.1 Å².